The Labute approximate surface area is 91.7 Å². The van der Waals surface area contributed by atoms with E-state index in [4.69, 9.17) is 0 Å². The van der Waals surface area contributed by atoms with Crippen LogP contribution in [0.2, 0.25) is 0 Å². The summed E-state index contributed by atoms with van der Waals surface area (Å²) < 4.78 is 0. The Morgan fingerprint density at radius 2 is 2.07 bits per heavy atom. The molecule has 0 amide bonds. The summed E-state index contributed by atoms with van der Waals surface area (Å²) in [5.41, 5.74) is 2.81. The molecule has 0 radical (unpaired) electrons. The van der Waals surface area contributed by atoms with Gasteiger partial charge in [0.25, 0.3) is 0 Å². The lowest BCUT2D eigenvalue weighted by molar-refractivity contribution is 0.101. The molecule has 1 unspecified atom stereocenters. The van der Waals surface area contributed by atoms with Crippen LogP contribution in [-0.2, 0) is 6.42 Å². The number of nitrogens with zero attached hydrogens (tertiary/aromatic N) is 1. The van der Waals surface area contributed by atoms with E-state index in [0.717, 1.165) is 29.8 Å². The van der Waals surface area contributed by atoms with Crippen molar-refractivity contribution in [1.29, 1.82) is 0 Å². The van der Waals surface area contributed by atoms with Gasteiger partial charge in [0.15, 0.2) is 5.78 Å². The average molecular weight is 205 g/mol. The maximum atomic E-state index is 11.4. The predicted molar refractivity (Wildman–Crippen MR) is 62.3 cm³/mol. The number of pyridine rings is 1. The average Bonchev–Trinajstić information content (AvgIpc) is 2.26. The van der Waals surface area contributed by atoms with Crippen LogP contribution in [0, 0.1) is 0 Å². The molecule has 2 nitrogen and oxygen atoms in total. The monoisotopic (exact) mass is 205 g/mol. The first kappa shape index (κ1) is 11.9. The number of aromatic nitrogens is 1. The Morgan fingerprint density at radius 1 is 1.40 bits per heavy atom. The SMILES string of the molecule is CCc1ccc(C(C)=O)c(C(C)CC)n1. The lowest BCUT2D eigenvalue weighted by Crippen LogP contribution is -2.07. The van der Waals surface area contributed by atoms with Crippen molar-refractivity contribution in [1.82, 2.24) is 4.98 Å². The summed E-state index contributed by atoms with van der Waals surface area (Å²) in [7, 11) is 0. The number of aryl methyl sites for hydroxylation is 1. The third-order valence-corrected chi connectivity index (χ3v) is 2.80. The van der Waals surface area contributed by atoms with E-state index in [2.05, 4.69) is 25.8 Å². The zero-order chi connectivity index (χ0) is 11.4. The Bertz CT molecular complexity index is 358. The van der Waals surface area contributed by atoms with E-state index in [-0.39, 0.29) is 5.78 Å². The largest absolute Gasteiger partial charge is 0.294 e. The van der Waals surface area contributed by atoms with Gasteiger partial charge in [0.05, 0.1) is 5.69 Å². The number of carbonyl (C=O) groups excluding carboxylic acids is 1. The lowest BCUT2D eigenvalue weighted by atomic mass is 9.97. The fourth-order valence-electron chi connectivity index (χ4n) is 1.58. The molecule has 0 bridgehead atoms. The molecule has 0 aliphatic heterocycles. The minimum Gasteiger partial charge on any atom is -0.294 e. The molecule has 1 rings (SSSR count). The van der Waals surface area contributed by atoms with Gasteiger partial charge in [0.1, 0.15) is 0 Å². The molecular weight excluding hydrogens is 186 g/mol. The van der Waals surface area contributed by atoms with Crippen molar-refractivity contribution in [3.63, 3.8) is 0 Å². The zero-order valence-electron chi connectivity index (χ0n) is 10.0. The molecule has 0 aliphatic carbocycles. The van der Waals surface area contributed by atoms with Crippen LogP contribution in [0.25, 0.3) is 0 Å². The summed E-state index contributed by atoms with van der Waals surface area (Å²) in [6.07, 6.45) is 1.93. The highest BCUT2D eigenvalue weighted by Crippen LogP contribution is 2.21. The van der Waals surface area contributed by atoms with Crippen molar-refractivity contribution in [2.45, 2.75) is 46.5 Å². The van der Waals surface area contributed by atoms with E-state index >= 15 is 0 Å². The zero-order valence-corrected chi connectivity index (χ0v) is 10.0. The van der Waals surface area contributed by atoms with Crippen molar-refractivity contribution >= 4 is 5.78 Å². The lowest BCUT2D eigenvalue weighted by Gasteiger charge is -2.13. The quantitative estimate of drug-likeness (QED) is 0.705. The predicted octanol–water partition coefficient (Wildman–Crippen LogP) is 3.36. The number of Topliss-reactive ketones (excluding diaryl/α,β-unsaturated/α-hetero) is 1. The molecule has 0 spiro atoms. The summed E-state index contributed by atoms with van der Waals surface area (Å²) >= 11 is 0. The van der Waals surface area contributed by atoms with Gasteiger partial charge in [0.2, 0.25) is 0 Å². The molecule has 0 saturated heterocycles. The molecule has 15 heavy (non-hydrogen) atoms. The van der Waals surface area contributed by atoms with Crippen LogP contribution in [0.15, 0.2) is 12.1 Å². The standard InChI is InChI=1S/C13H19NO/c1-5-9(3)13-12(10(4)15)8-7-11(6-2)14-13/h7-9H,5-6H2,1-4H3. The maximum Gasteiger partial charge on any atom is 0.161 e. The van der Waals surface area contributed by atoms with E-state index < -0.39 is 0 Å². The highest BCUT2D eigenvalue weighted by atomic mass is 16.1. The van der Waals surface area contributed by atoms with E-state index in [0.29, 0.717) is 5.92 Å². The molecule has 1 aromatic rings. The fraction of sp³-hybridized carbons (Fsp3) is 0.538. The molecule has 0 N–H and O–H groups in total. The van der Waals surface area contributed by atoms with E-state index in [9.17, 15) is 4.79 Å². The van der Waals surface area contributed by atoms with Crippen LogP contribution >= 0.6 is 0 Å². The maximum absolute atomic E-state index is 11.4. The molecule has 1 aromatic heterocycles. The molecule has 0 fully saturated rings. The first-order valence-corrected chi connectivity index (χ1v) is 5.60. The van der Waals surface area contributed by atoms with Gasteiger partial charge in [0, 0.05) is 11.3 Å². The molecule has 1 heterocycles. The number of rotatable bonds is 4. The topological polar surface area (TPSA) is 30.0 Å². The van der Waals surface area contributed by atoms with Gasteiger partial charge < -0.3 is 0 Å². The highest BCUT2D eigenvalue weighted by molar-refractivity contribution is 5.95. The fourth-order valence-corrected chi connectivity index (χ4v) is 1.58. The molecule has 2 heteroatoms. The Morgan fingerprint density at radius 3 is 2.53 bits per heavy atom. The van der Waals surface area contributed by atoms with Crippen molar-refractivity contribution < 1.29 is 4.79 Å². The molecule has 0 aromatic carbocycles. The van der Waals surface area contributed by atoms with Gasteiger partial charge in [-0.1, -0.05) is 20.8 Å². The molecule has 82 valence electrons. The van der Waals surface area contributed by atoms with Gasteiger partial charge >= 0.3 is 0 Å². The number of hydrogen-bond acceptors (Lipinski definition) is 2. The second-order valence-electron chi connectivity index (χ2n) is 3.95. The van der Waals surface area contributed by atoms with Crippen LogP contribution < -0.4 is 0 Å². The minimum atomic E-state index is 0.112. The number of hydrogen-bond donors (Lipinski definition) is 0. The minimum absolute atomic E-state index is 0.112. The highest BCUT2D eigenvalue weighted by Gasteiger charge is 2.14. The van der Waals surface area contributed by atoms with Gasteiger partial charge in [-0.05, 0) is 37.8 Å². The molecule has 0 saturated carbocycles. The van der Waals surface area contributed by atoms with Gasteiger partial charge in [-0.3, -0.25) is 9.78 Å². The van der Waals surface area contributed by atoms with Crippen LogP contribution in [0.3, 0.4) is 0 Å². The van der Waals surface area contributed by atoms with Crippen molar-refractivity contribution in [2.75, 3.05) is 0 Å². The van der Waals surface area contributed by atoms with E-state index in [1.807, 2.05) is 12.1 Å². The number of ketones is 1. The first-order chi connectivity index (χ1) is 7.10. The Balaban J connectivity index is 3.22. The van der Waals surface area contributed by atoms with Crippen LogP contribution in [0.1, 0.15) is 61.8 Å². The van der Waals surface area contributed by atoms with Gasteiger partial charge in [-0.15, -0.1) is 0 Å². The molecular formula is C13H19NO. The smallest absolute Gasteiger partial charge is 0.161 e. The van der Waals surface area contributed by atoms with Gasteiger partial charge in [-0.25, -0.2) is 0 Å². The second kappa shape index (κ2) is 5.06. The second-order valence-corrected chi connectivity index (χ2v) is 3.95. The van der Waals surface area contributed by atoms with Crippen molar-refractivity contribution in [2.24, 2.45) is 0 Å². The molecule has 1 atom stereocenters. The van der Waals surface area contributed by atoms with Gasteiger partial charge in [-0.2, -0.15) is 0 Å². The molecule has 0 aliphatic rings. The summed E-state index contributed by atoms with van der Waals surface area (Å²) in [5, 5.41) is 0. The first-order valence-electron chi connectivity index (χ1n) is 5.60. The van der Waals surface area contributed by atoms with Crippen molar-refractivity contribution in [3.05, 3.63) is 29.1 Å². The van der Waals surface area contributed by atoms with Crippen LogP contribution in [0.5, 0.6) is 0 Å². The third-order valence-electron chi connectivity index (χ3n) is 2.80. The summed E-state index contributed by atoms with van der Waals surface area (Å²) in [6.45, 7) is 7.92. The Kier molecular flexibility index (Phi) is 4.01. The summed E-state index contributed by atoms with van der Waals surface area (Å²) in [6, 6.07) is 3.86. The summed E-state index contributed by atoms with van der Waals surface area (Å²) in [4.78, 5) is 16.0. The van der Waals surface area contributed by atoms with Crippen LogP contribution in [-0.4, -0.2) is 10.8 Å². The summed E-state index contributed by atoms with van der Waals surface area (Å²) in [5.74, 6) is 0.468. The van der Waals surface area contributed by atoms with Crippen LogP contribution in [0.4, 0.5) is 0 Å². The normalized spacial score (nSPS) is 12.5. The van der Waals surface area contributed by atoms with E-state index in [1.165, 1.54) is 0 Å². The number of carbonyl (C=O) groups is 1. The van der Waals surface area contributed by atoms with E-state index in [1.54, 1.807) is 6.92 Å². The van der Waals surface area contributed by atoms with Crippen molar-refractivity contribution in [3.8, 4) is 0 Å². The third kappa shape index (κ3) is 2.65. The Hall–Kier alpha value is -1.18.